The van der Waals surface area contributed by atoms with E-state index in [1.165, 1.54) is 10.8 Å². The number of carboxylic acid groups (broad SMARTS) is 2. The summed E-state index contributed by atoms with van der Waals surface area (Å²) in [5, 5.41) is 21.6. The maximum Gasteiger partial charge on any atom is 2.00 e. The van der Waals surface area contributed by atoms with Crippen molar-refractivity contribution >= 4 is 22.7 Å². The van der Waals surface area contributed by atoms with E-state index in [1.54, 1.807) is 0 Å². The van der Waals surface area contributed by atoms with Crippen LogP contribution in [0.15, 0.2) is 60.7 Å². The van der Waals surface area contributed by atoms with Crippen molar-refractivity contribution in [2.45, 2.75) is 0 Å². The summed E-state index contributed by atoms with van der Waals surface area (Å²) in [4.78, 5) is 19.0. The Kier molecular flexibility index (Phi) is 7.31. The molecule has 0 N–H and O–H groups in total. The molecule has 0 heterocycles. The quantitative estimate of drug-likeness (QED) is 0.335. The molecule has 0 unspecified atom stereocenters. The molecule has 0 aliphatic carbocycles. The summed E-state index contributed by atoms with van der Waals surface area (Å²) in [6, 6.07) is 16.7. The zero-order chi connectivity index (χ0) is 13.5. The van der Waals surface area contributed by atoms with Gasteiger partial charge in [0.05, 0.1) is 11.9 Å². The summed E-state index contributed by atoms with van der Waals surface area (Å²) in [6.45, 7) is 2.63. The maximum absolute atomic E-state index is 9.51. The number of hydrogen-bond donors (Lipinski definition) is 0. The van der Waals surface area contributed by atoms with Crippen molar-refractivity contribution < 1.29 is 39.3 Å². The number of carboxylic acids is 2. The van der Waals surface area contributed by atoms with Gasteiger partial charge < -0.3 is 19.8 Å². The van der Waals surface area contributed by atoms with Gasteiger partial charge in [0.1, 0.15) is 0 Å². The van der Waals surface area contributed by atoms with Crippen LogP contribution in [0, 0.1) is 0 Å². The van der Waals surface area contributed by atoms with E-state index in [1.807, 2.05) is 0 Å². The molecule has 0 fully saturated rings. The van der Waals surface area contributed by atoms with E-state index in [0.717, 1.165) is 0 Å². The summed E-state index contributed by atoms with van der Waals surface area (Å²) in [7, 11) is 0. The predicted octanol–water partition coefficient (Wildman–Crippen LogP) is -0.120. The molecule has 4 nitrogen and oxygen atoms in total. The Morgan fingerprint density at radius 1 is 0.789 bits per heavy atom. The second-order valence-corrected chi connectivity index (χ2v) is 3.40. The van der Waals surface area contributed by atoms with Gasteiger partial charge in [0.2, 0.25) is 0 Å². The minimum absolute atomic E-state index is 0. The molecule has 0 saturated heterocycles. The number of benzene rings is 2. The van der Waals surface area contributed by atoms with Crippen LogP contribution < -0.4 is 10.2 Å². The van der Waals surface area contributed by atoms with Crippen LogP contribution in [0.5, 0.6) is 0 Å². The summed E-state index contributed by atoms with van der Waals surface area (Å²) in [5.41, 5.74) is -1.04. The van der Waals surface area contributed by atoms with Gasteiger partial charge in [-0.3, -0.25) is 0 Å². The third kappa shape index (κ3) is 5.45. The van der Waals surface area contributed by atoms with E-state index in [9.17, 15) is 19.8 Å². The Labute approximate surface area is 123 Å². The first-order valence-corrected chi connectivity index (χ1v) is 5.07. The molecule has 0 radical (unpaired) electrons. The molecular formula is C14H10O4Zn. The second-order valence-electron chi connectivity index (χ2n) is 3.40. The van der Waals surface area contributed by atoms with Gasteiger partial charge in [-0.15, -0.1) is 0 Å². The van der Waals surface area contributed by atoms with Crippen molar-refractivity contribution in [1.82, 2.24) is 0 Å². The minimum atomic E-state index is -1.81. The van der Waals surface area contributed by atoms with Crippen molar-refractivity contribution in [3.8, 4) is 0 Å². The smallest absolute Gasteiger partial charge is 0.545 e. The van der Waals surface area contributed by atoms with E-state index < -0.39 is 17.5 Å². The van der Waals surface area contributed by atoms with Crippen LogP contribution in [-0.4, -0.2) is 11.9 Å². The topological polar surface area (TPSA) is 80.3 Å². The third-order valence-corrected chi connectivity index (χ3v) is 2.15. The molecule has 5 heteroatoms. The maximum atomic E-state index is 9.51. The van der Waals surface area contributed by atoms with E-state index in [0.29, 0.717) is 0 Å². The van der Waals surface area contributed by atoms with Gasteiger partial charge >= 0.3 is 19.5 Å². The Balaban J connectivity index is 0.000000335. The molecule has 0 spiro atoms. The Morgan fingerprint density at radius 2 is 1.05 bits per heavy atom. The van der Waals surface area contributed by atoms with Crippen molar-refractivity contribution in [2.75, 3.05) is 0 Å². The van der Waals surface area contributed by atoms with E-state index in [-0.39, 0.29) is 19.5 Å². The van der Waals surface area contributed by atoms with Crippen LogP contribution >= 0.6 is 0 Å². The van der Waals surface area contributed by atoms with Gasteiger partial charge in [-0.2, -0.15) is 0 Å². The molecular weight excluding hydrogens is 298 g/mol. The van der Waals surface area contributed by atoms with E-state index in [2.05, 4.69) is 55.1 Å². The van der Waals surface area contributed by atoms with E-state index in [4.69, 9.17) is 0 Å². The van der Waals surface area contributed by atoms with Crippen LogP contribution in [-0.2, 0) is 29.1 Å². The Hall–Kier alpha value is -2.00. The summed E-state index contributed by atoms with van der Waals surface area (Å²) < 4.78 is 0. The van der Waals surface area contributed by atoms with Gasteiger partial charge in [0, 0.05) is 5.57 Å². The molecule has 0 amide bonds. The molecule has 2 aromatic carbocycles. The first-order valence-electron chi connectivity index (χ1n) is 5.07. The van der Waals surface area contributed by atoms with Crippen LogP contribution in [0.25, 0.3) is 10.8 Å². The minimum Gasteiger partial charge on any atom is -0.545 e. The number of aliphatic carboxylic acids is 2. The van der Waals surface area contributed by atoms with Crippen molar-refractivity contribution in [3.63, 3.8) is 0 Å². The Morgan fingerprint density at radius 3 is 1.21 bits per heavy atom. The van der Waals surface area contributed by atoms with Crippen molar-refractivity contribution in [3.05, 3.63) is 60.7 Å². The van der Waals surface area contributed by atoms with Gasteiger partial charge in [-0.1, -0.05) is 55.1 Å². The zero-order valence-corrected chi connectivity index (χ0v) is 13.1. The first-order chi connectivity index (χ1) is 8.52. The van der Waals surface area contributed by atoms with Gasteiger partial charge in [0.15, 0.2) is 0 Å². The van der Waals surface area contributed by atoms with Crippen LogP contribution in [0.2, 0.25) is 0 Å². The second kappa shape index (κ2) is 8.17. The normalized spacial score (nSPS) is 8.63. The standard InChI is InChI=1S/C10H8.C4H4O4.Zn/c1-2-6-10-8-4-3-7-9(10)5-1;1-2(3(5)6)4(7)8;/h1-8H;1H2,(H,5,6)(H,7,8);/q;;+2/p-2. The zero-order valence-electron chi connectivity index (χ0n) is 10.2. The molecule has 0 aromatic heterocycles. The number of carbonyl (C=O) groups is 2. The molecule has 0 bridgehead atoms. The number of carbonyl (C=O) groups excluding carboxylic acids is 2. The third-order valence-electron chi connectivity index (χ3n) is 2.15. The summed E-state index contributed by atoms with van der Waals surface area (Å²) in [6.07, 6.45) is 0. The van der Waals surface area contributed by atoms with Crippen molar-refractivity contribution in [1.29, 1.82) is 0 Å². The van der Waals surface area contributed by atoms with Crippen LogP contribution in [0.3, 0.4) is 0 Å². The number of hydrogen-bond acceptors (Lipinski definition) is 4. The molecule has 0 aliphatic rings. The SMILES string of the molecule is C=C(C(=O)[O-])C(=O)[O-].[Zn+2].c1ccc2ccccc2c1. The first kappa shape index (κ1) is 17.0. The molecule has 19 heavy (non-hydrogen) atoms. The average molecular weight is 308 g/mol. The molecule has 92 valence electrons. The van der Waals surface area contributed by atoms with Crippen molar-refractivity contribution in [2.24, 2.45) is 0 Å². The van der Waals surface area contributed by atoms with Gasteiger partial charge in [-0.05, 0) is 10.8 Å². The molecule has 0 aliphatic heterocycles. The fourth-order valence-corrected chi connectivity index (χ4v) is 1.22. The fraction of sp³-hybridized carbons (Fsp3) is 0. The van der Waals surface area contributed by atoms with Gasteiger partial charge in [0.25, 0.3) is 0 Å². The monoisotopic (exact) mass is 306 g/mol. The predicted molar refractivity (Wildman–Crippen MR) is 63.1 cm³/mol. The van der Waals surface area contributed by atoms with E-state index >= 15 is 0 Å². The van der Waals surface area contributed by atoms with Crippen LogP contribution in [0.4, 0.5) is 0 Å². The number of fused-ring (bicyclic) bond motifs is 1. The molecule has 0 atom stereocenters. The molecule has 2 rings (SSSR count). The average Bonchev–Trinajstić information content (AvgIpc) is 2.38. The molecule has 0 saturated carbocycles. The number of rotatable bonds is 2. The van der Waals surface area contributed by atoms with Gasteiger partial charge in [-0.25, -0.2) is 0 Å². The molecule has 2 aromatic rings. The Bertz CT molecular complexity index is 511. The largest absolute Gasteiger partial charge is 2.00 e. The fourth-order valence-electron chi connectivity index (χ4n) is 1.22. The summed E-state index contributed by atoms with van der Waals surface area (Å²) in [5.74, 6) is -3.63. The summed E-state index contributed by atoms with van der Waals surface area (Å²) >= 11 is 0. The van der Waals surface area contributed by atoms with Crippen LogP contribution in [0.1, 0.15) is 0 Å².